The lowest BCUT2D eigenvalue weighted by Crippen LogP contribution is -2.54. The van der Waals surface area contributed by atoms with E-state index in [1.165, 1.54) is 11.0 Å². The Morgan fingerprint density at radius 1 is 1.21 bits per heavy atom. The standard InChI is InChI=1S/C17H13ClN2O3S/c1-9-6-7-11(23-9)8-12-15(21)19-17(24)20(16(12)22)14-5-3-4-13(18)10(14)2/h3-8H,1-2H3,(H,19,21,24)/b12-8-. The van der Waals surface area contributed by atoms with Crippen LogP contribution in [0.15, 0.2) is 40.3 Å². The number of carbonyl (C=O) groups excluding carboxylic acids is 2. The molecule has 1 aliphatic heterocycles. The summed E-state index contributed by atoms with van der Waals surface area (Å²) in [6, 6.07) is 8.60. The molecule has 24 heavy (non-hydrogen) atoms. The Balaban J connectivity index is 2.06. The smallest absolute Gasteiger partial charge is 0.270 e. The molecule has 2 heterocycles. The molecule has 1 aliphatic rings. The molecule has 1 aromatic heterocycles. The van der Waals surface area contributed by atoms with Crippen LogP contribution in [0, 0.1) is 13.8 Å². The predicted octanol–water partition coefficient (Wildman–Crippen LogP) is 3.38. The van der Waals surface area contributed by atoms with Gasteiger partial charge in [-0.2, -0.15) is 0 Å². The van der Waals surface area contributed by atoms with Crippen molar-refractivity contribution in [2.45, 2.75) is 13.8 Å². The third-order valence-electron chi connectivity index (χ3n) is 3.63. The molecule has 0 atom stereocenters. The third kappa shape index (κ3) is 2.86. The van der Waals surface area contributed by atoms with Crippen molar-refractivity contribution in [1.82, 2.24) is 5.32 Å². The molecule has 0 radical (unpaired) electrons. The zero-order valence-electron chi connectivity index (χ0n) is 12.9. The summed E-state index contributed by atoms with van der Waals surface area (Å²) in [6.45, 7) is 3.56. The lowest BCUT2D eigenvalue weighted by atomic mass is 10.1. The number of carbonyl (C=O) groups is 2. The van der Waals surface area contributed by atoms with Gasteiger partial charge in [0.05, 0.1) is 5.69 Å². The normalized spacial score (nSPS) is 16.7. The number of rotatable bonds is 2. The fraction of sp³-hybridized carbons (Fsp3) is 0.118. The van der Waals surface area contributed by atoms with Crippen molar-refractivity contribution in [1.29, 1.82) is 0 Å². The maximum Gasteiger partial charge on any atom is 0.270 e. The molecular formula is C17H13ClN2O3S. The molecule has 5 nitrogen and oxygen atoms in total. The van der Waals surface area contributed by atoms with Crippen molar-refractivity contribution in [3.63, 3.8) is 0 Å². The molecule has 0 saturated carbocycles. The van der Waals surface area contributed by atoms with Crippen molar-refractivity contribution in [2.75, 3.05) is 4.90 Å². The largest absolute Gasteiger partial charge is 0.462 e. The Hall–Kier alpha value is -2.44. The van der Waals surface area contributed by atoms with Crippen LogP contribution in [0.4, 0.5) is 5.69 Å². The number of hydrogen-bond acceptors (Lipinski definition) is 4. The monoisotopic (exact) mass is 360 g/mol. The Morgan fingerprint density at radius 2 is 1.96 bits per heavy atom. The van der Waals surface area contributed by atoms with Gasteiger partial charge >= 0.3 is 0 Å². The Labute approximate surface area is 148 Å². The van der Waals surface area contributed by atoms with Gasteiger partial charge in [-0.3, -0.25) is 19.8 Å². The summed E-state index contributed by atoms with van der Waals surface area (Å²) in [4.78, 5) is 26.3. The van der Waals surface area contributed by atoms with E-state index >= 15 is 0 Å². The van der Waals surface area contributed by atoms with Crippen LogP contribution in [-0.4, -0.2) is 16.9 Å². The van der Waals surface area contributed by atoms with Gasteiger partial charge in [0.15, 0.2) is 5.11 Å². The number of halogens is 1. The first-order valence-electron chi connectivity index (χ1n) is 7.11. The number of nitrogens with one attached hydrogen (secondary N) is 1. The van der Waals surface area contributed by atoms with Crippen molar-refractivity contribution >= 4 is 52.5 Å². The number of hydrogen-bond donors (Lipinski definition) is 1. The fourth-order valence-corrected chi connectivity index (χ4v) is 2.83. The number of benzene rings is 1. The molecule has 2 amide bonds. The Bertz CT molecular complexity index is 901. The van der Waals surface area contributed by atoms with E-state index in [1.54, 1.807) is 44.2 Å². The van der Waals surface area contributed by atoms with E-state index in [1.807, 2.05) is 0 Å². The molecule has 2 aromatic rings. The van der Waals surface area contributed by atoms with E-state index in [4.69, 9.17) is 28.2 Å². The topological polar surface area (TPSA) is 62.6 Å². The molecular weight excluding hydrogens is 348 g/mol. The lowest BCUT2D eigenvalue weighted by Gasteiger charge is -2.30. The summed E-state index contributed by atoms with van der Waals surface area (Å²) >= 11 is 11.3. The van der Waals surface area contributed by atoms with E-state index in [-0.39, 0.29) is 10.7 Å². The number of aryl methyl sites for hydroxylation is 1. The predicted molar refractivity (Wildman–Crippen MR) is 95.8 cm³/mol. The molecule has 0 bridgehead atoms. The van der Waals surface area contributed by atoms with Crippen LogP contribution in [0.3, 0.4) is 0 Å². The quantitative estimate of drug-likeness (QED) is 0.506. The summed E-state index contributed by atoms with van der Waals surface area (Å²) in [5, 5.41) is 3.05. The number of thiocarbonyl (C=S) groups is 1. The Kier molecular flexibility index (Phi) is 4.26. The number of nitrogens with zero attached hydrogens (tertiary/aromatic N) is 1. The minimum Gasteiger partial charge on any atom is -0.462 e. The van der Waals surface area contributed by atoms with Crippen LogP contribution < -0.4 is 10.2 Å². The second-order valence-corrected chi connectivity index (χ2v) is 6.08. The molecule has 122 valence electrons. The van der Waals surface area contributed by atoms with Gasteiger partial charge < -0.3 is 4.42 Å². The molecule has 7 heteroatoms. The number of amides is 2. The van der Waals surface area contributed by atoms with Gasteiger partial charge in [-0.25, -0.2) is 0 Å². The van der Waals surface area contributed by atoms with Crippen LogP contribution in [0.2, 0.25) is 5.02 Å². The summed E-state index contributed by atoms with van der Waals surface area (Å²) in [5.41, 5.74) is 1.16. The number of furan rings is 1. The zero-order chi connectivity index (χ0) is 17.4. The molecule has 1 N–H and O–H groups in total. The van der Waals surface area contributed by atoms with E-state index in [9.17, 15) is 9.59 Å². The molecule has 1 fully saturated rings. The van der Waals surface area contributed by atoms with Crippen molar-refractivity contribution in [3.8, 4) is 0 Å². The Morgan fingerprint density at radius 3 is 2.62 bits per heavy atom. The van der Waals surface area contributed by atoms with Gasteiger partial charge in [0, 0.05) is 5.02 Å². The van der Waals surface area contributed by atoms with E-state index in [2.05, 4.69) is 5.32 Å². The van der Waals surface area contributed by atoms with Gasteiger partial charge in [-0.15, -0.1) is 0 Å². The van der Waals surface area contributed by atoms with Crippen molar-refractivity contribution in [3.05, 3.63) is 58.0 Å². The van der Waals surface area contributed by atoms with Gasteiger partial charge in [-0.05, 0) is 62.0 Å². The second-order valence-electron chi connectivity index (χ2n) is 5.29. The molecule has 1 aromatic carbocycles. The summed E-state index contributed by atoms with van der Waals surface area (Å²) in [7, 11) is 0. The summed E-state index contributed by atoms with van der Waals surface area (Å²) < 4.78 is 5.41. The van der Waals surface area contributed by atoms with E-state index in [0.717, 1.165) is 0 Å². The first-order chi connectivity index (χ1) is 11.4. The van der Waals surface area contributed by atoms with Crippen molar-refractivity contribution in [2.24, 2.45) is 0 Å². The van der Waals surface area contributed by atoms with Gasteiger partial charge in [0.1, 0.15) is 17.1 Å². The first kappa shape index (κ1) is 16.4. The van der Waals surface area contributed by atoms with Crippen molar-refractivity contribution < 1.29 is 14.0 Å². The minimum absolute atomic E-state index is 0.0168. The van der Waals surface area contributed by atoms with E-state index in [0.29, 0.717) is 27.8 Å². The highest BCUT2D eigenvalue weighted by Crippen LogP contribution is 2.29. The molecule has 3 rings (SSSR count). The maximum atomic E-state index is 12.8. The average molecular weight is 361 g/mol. The van der Waals surface area contributed by atoms with Crippen LogP contribution >= 0.6 is 23.8 Å². The second kappa shape index (κ2) is 6.22. The van der Waals surface area contributed by atoms with E-state index < -0.39 is 11.8 Å². The fourth-order valence-electron chi connectivity index (χ4n) is 2.39. The van der Waals surface area contributed by atoms with Crippen LogP contribution in [-0.2, 0) is 9.59 Å². The molecule has 1 saturated heterocycles. The maximum absolute atomic E-state index is 12.8. The van der Waals surface area contributed by atoms with Crippen LogP contribution in [0.5, 0.6) is 0 Å². The molecule has 0 spiro atoms. The summed E-state index contributed by atoms with van der Waals surface area (Å²) in [5.74, 6) is 0.0170. The highest BCUT2D eigenvalue weighted by molar-refractivity contribution is 7.80. The van der Waals surface area contributed by atoms with Gasteiger partial charge in [0.25, 0.3) is 11.8 Å². The highest BCUT2D eigenvalue weighted by atomic mass is 35.5. The summed E-state index contributed by atoms with van der Waals surface area (Å²) in [6.07, 6.45) is 1.40. The SMILES string of the molecule is Cc1ccc(/C=C2/C(=O)NC(=S)N(c3cccc(Cl)c3C)C2=O)o1. The lowest BCUT2D eigenvalue weighted by molar-refractivity contribution is -0.122. The van der Waals surface area contributed by atoms with Gasteiger partial charge in [-0.1, -0.05) is 17.7 Å². The van der Waals surface area contributed by atoms with Crippen LogP contribution in [0.1, 0.15) is 17.1 Å². The molecule has 0 aliphatic carbocycles. The van der Waals surface area contributed by atoms with Gasteiger partial charge in [0.2, 0.25) is 0 Å². The zero-order valence-corrected chi connectivity index (χ0v) is 14.5. The van der Waals surface area contributed by atoms with Crippen LogP contribution in [0.25, 0.3) is 6.08 Å². The highest BCUT2D eigenvalue weighted by Gasteiger charge is 2.35. The molecule has 0 unspecified atom stereocenters. The first-order valence-corrected chi connectivity index (χ1v) is 7.90. The average Bonchev–Trinajstić information content (AvgIpc) is 2.93. The minimum atomic E-state index is -0.560. The number of anilines is 1. The third-order valence-corrected chi connectivity index (χ3v) is 4.32.